The molecule has 31 heavy (non-hydrogen) atoms. The highest BCUT2D eigenvalue weighted by molar-refractivity contribution is 9.10. The maximum absolute atomic E-state index is 13.4. The van der Waals surface area contributed by atoms with Crippen LogP contribution in [-0.2, 0) is 14.8 Å². The van der Waals surface area contributed by atoms with Crippen LogP contribution in [0.5, 0.6) is 0 Å². The van der Waals surface area contributed by atoms with Crippen LogP contribution >= 0.6 is 15.9 Å². The maximum Gasteiger partial charge on any atom is 0.264 e. The molecule has 0 radical (unpaired) electrons. The van der Waals surface area contributed by atoms with E-state index >= 15 is 0 Å². The van der Waals surface area contributed by atoms with Crippen molar-refractivity contribution < 1.29 is 17.6 Å². The smallest absolute Gasteiger partial charge is 0.264 e. The third-order valence-electron chi connectivity index (χ3n) is 4.74. The lowest BCUT2D eigenvalue weighted by atomic mass is 10.1. The molecular weight excluding hydrogens is 483 g/mol. The topological polar surface area (TPSA) is 66.5 Å². The van der Waals surface area contributed by atoms with Gasteiger partial charge in [0.15, 0.2) is 0 Å². The van der Waals surface area contributed by atoms with Gasteiger partial charge >= 0.3 is 0 Å². The molecule has 1 atom stereocenters. The second kappa shape index (κ2) is 9.62. The summed E-state index contributed by atoms with van der Waals surface area (Å²) in [5.74, 6) is -0.847. The molecular formula is C23H22BrFN2O3S. The first kappa shape index (κ1) is 23.0. The van der Waals surface area contributed by atoms with E-state index in [9.17, 15) is 17.6 Å². The van der Waals surface area contributed by atoms with Crippen molar-refractivity contribution in [3.05, 3.63) is 94.2 Å². The molecule has 162 valence electrons. The van der Waals surface area contributed by atoms with Gasteiger partial charge in [-0.1, -0.05) is 51.8 Å². The molecule has 0 fully saturated rings. The van der Waals surface area contributed by atoms with Crippen molar-refractivity contribution in [1.29, 1.82) is 0 Å². The second-order valence-corrected chi connectivity index (χ2v) is 9.92. The van der Waals surface area contributed by atoms with E-state index in [0.29, 0.717) is 15.7 Å². The largest absolute Gasteiger partial charge is 0.348 e. The Hall–Kier alpha value is -2.71. The molecule has 0 unspecified atom stereocenters. The van der Waals surface area contributed by atoms with E-state index in [2.05, 4.69) is 21.2 Å². The molecule has 0 bridgehead atoms. The van der Waals surface area contributed by atoms with Crippen LogP contribution in [0.25, 0.3) is 0 Å². The molecule has 3 rings (SSSR count). The maximum atomic E-state index is 13.4. The molecule has 1 amide bonds. The zero-order chi connectivity index (χ0) is 22.6. The van der Waals surface area contributed by atoms with Crippen molar-refractivity contribution in [2.75, 3.05) is 10.8 Å². The van der Waals surface area contributed by atoms with E-state index in [1.165, 1.54) is 24.3 Å². The summed E-state index contributed by atoms with van der Waals surface area (Å²) in [6.07, 6.45) is 0. The van der Waals surface area contributed by atoms with Gasteiger partial charge in [0, 0.05) is 4.47 Å². The SMILES string of the molecule is Cc1ccc(S(=O)(=O)N(CC(=O)N[C@@H](C)c2ccc(F)cc2)c2cccc(Br)c2)cc1. The van der Waals surface area contributed by atoms with Gasteiger partial charge in [-0.3, -0.25) is 9.10 Å². The van der Waals surface area contributed by atoms with Gasteiger partial charge < -0.3 is 5.32 Å². The number of aryl methyl sites for hydroxylation is 1. The third-order valence-corrected chi connectivity index (χ3v) is 7.02. The van der Waals surface area contributed by atoms with E-state index in [1.807, 2.05) is 6.92 Å². The number of carbonyl (C=O) groups excluding carboxylic acids is 1. The monoisotopic (exact) mass is 504 g/mol. The van der Waals surface area contributed by atoms with Crippen molar-refractivity contribution in [3.63, 3.8) is 0 Å². The molecule has 8 heteroatoms. The molecule has 0 spiro atoms. The highest BCUT2D eigenvalue weighted by Crippen LogP contribution is 2.26. The Morgan fingerprint density at radius 1 is 1.06 bits per heavy atom. The zero-order valence-corrected chi connectivity index (χ0v) is 19.5. The van der Waals surface area contributed by atoms with Crippen LogP contribution in [0.1, 0.15) is 24.1 Å². The van der Waals surface area contributed by atoms with E-state index in [1.54, 1.807) is 55.5 Å². The summed E-state index contributed by atoms with van der Waals surface area (Å²) < 4.78 is 41.7. The van der Waals surface area contributed by atoms with Gasteiger partial charge in [-0.25, -0.2) is 12.8 Å². The number of nitrogens with one attached hydrogen (secondary N) is 1. The molecule has 0 saturated heterocycles. The van der Waals surface area contributed by atoms with Gasteiger partial charge in [0.25, 0.3) is 10.0 Å². The second-order valence-electron chi connectivity index (χ2n) is 7.15. The predicted molar refractivity (Wildman–Crippen MR) is 123 cm³/mol. The number of carbonyl (C=O) groups is 1. The lowest BCUT2D eigenvalue weighted by molar-refractivity contribution is -0.120. The van der Waals surface area contributed by atoms with Crippen LogP contribution < -0.4 is 9.62 Å². The predicted octanol–water partition coefficient (Wildman–Crippen LogP) is 4.97. The average Bonchev–Trinajstić information content (AvgIpc) is 2.72. The molecule has 0 saturated carbocycles. The van der Waals surface area contributed by atoms with E-state index in [0.717, 1.165) is 9.87 Å². The van der Waals surface area contributed by atoms with Crippen LogP contribution in [0.15, 0.2) is 82.2 Å². The third kappa shape index (κ3) is 5.71. The lowest BCUT2D eigenvalue weighted by Gasteiger charge is -2.25. The molecule has 0 aromatic heterocycles. The number of halogens is 2. The Kier molecular flexibility index (Phi) is 7.12. The standard InChI is InChI=1S/C23H22BrFN2O3S/c1-16-6-12-22(13-7-16)31(29,30)27(21-5-3-4-19(24)14-21)15-23(28)26-17(2)18-8-10-20(25)11-9-18/h3-14,17H,15H2,1-2H3,(H,26,28)/t17-/m0/s1. The van der Waals surface area contributed by atoms with Crippen molar-refractivity contribution in [2.45, 2.75) is 24.8 Å². The Labute approximate surface area is 190 Å². The Bertz CT molecular complexity index is 1170. The molecule has 0 heterocycles. The summed E-state index contributed by atoms with van der Waals surface area (Å²) in [4.78, 5) is 12.9. The number of sulfonamides is 1. The minimum absolute atomic E-state index is 0.0949. The normalized spacial score (nSPS) is 12.3. The summed E-state index contributed by atoms with van der Waals surface area (Å²) in [6, 6.07) is 18.6. The fraction of sp³-hybridized carbons (Fsp3) is 0.174. The number of benzene rings is 3. The van der Waals surface area contributed by atoms with Gasteiger partial charge in [-0.05, 0) is 61.9 Å². The molecule has 3 aromatic carbocycles. The van der Waals surface area contributed by atoms with Gasteiger partial charge in [-0.15, -0.1) is 0 Å². The fourth-order valence-electron chi connectivity index (χ4n) is 3.04. The molecule has 1 N–H and O–H groups in total. The summed E-state index contributed by atoms with van der Waals surface area (Å²) in [5, 5.41) is 2.78. The number of hydrogen-bond donors (Lipinski definition) is 1. The van der Waals surface area contributed by atoms with Crippen LogP contribution in [0, 0.1) is 12.7 Å². The van der Waals surface area contributed by atoms with Crippen LogP contribution in [0.2, 0.25) is 0 Å². The fourth-order valence-corrected chi connectivity index (χ4v) is 4.84. The highest BCUT2D eigenvalue weighted by atomic mass is 79.9. The van der Waals surface area contributed by atoms with Crippen molar-refractivity contribution in [2.24, 2.45) is 0 Å². The molecule has 0 aliphatic heterocycles. The van der Waals surface area contributed by atoms with Crippen molar-refractivity contribution >= 4 is 37.5 Å². The van der Waals surface area contributed by atoms with E-state index < -0.39 is 28.5 Å². The lowest BCUT2D eigenvalue weighted by Crippen LogP contribution is -2.41. The number of rotatable bonds is 7. The van der Waals surface area contributed by atoms with Crippen LogP contribution in [-0.4, -0.2) is 20.9 Å². The number of amides is 1. The summed E-state index contributed by atoms with van der Waals surface area (Å²) in [5.41, 5.74) is 2.00. The zero-order valence-electron chi connectivity index (χ0n) is 17.0. The number of hydrogen-bond acceptors (Lipinski definition) is 3. The minimum atomic E-state index is -3.99. The summed E-state index contributed by atoms with van der Waals surface area (Å²) >= 11 is 3.35. The first-order valence-electron chi connectivity index (χ1n) is 9.56. The van der Waals surface area contributed by atoms with E-state index in [4.69, 9.17) is 0 Å². The molecule has 0 aliphatic rings. The molecule has 5 nitrogen and oxygen atoms in total. The first-order valence-corrected chi connectivity index (χ1v) is 11.8. The Morgan fingerprint density at radius 3 is 2.32 bits per heavy atom. The minimum Gasteiger partial charge on any atom is -0.348 e. The van der Waals surface area contributed by atoms with Crippen molar-refractivity contribution in [3.8, 4) is 0 Å². The van der Waals surface area contributed by atoms with E-state index in [-0.39, 0.29) is 10.7 Å². The molecule has 3 aromatic rings. The number of nitrogens with zero attached hydrogens (tertiary/aromatic N) is 1. The van der Waals surface area contributed by atoms with Gasteiger partial charge in [0.05, 0.1) is 16.6 Å². The van der Waals surface area contributed by atoms with Gasteiger partial charge in [-0.2, -0.15) is 0 Å². The van der Waals surface area contributed by atoms with Crippen LogP contribution in [0.4, 0.5) is 10.1 Å². The highest BCUT2D eigenvalue weighted by Gasteiger charge is 2.27. The average molecular weight is 505 g/mol. The van der Waals surface area contributed by atoms with Gasteiger partial charge in [0.2, 0.25) is 5.91 Å². The summed E-state index contributed by atoms with van der Waals surface area (Å²) in [6.45, 7) is 3.22. The van der Waals surface area contributed by atoms with Crippen LogP contribution in [0.3, 0.4) is 0 Å². The first-order chi connectivity index (χ1) is 14.7. The summed E-state index contributed by atoms with van der Waals surface area (Å²) in [7, 11) is -3.99. The Balaban J connectivity index is 1.89. The molecule has 0 aliphatic carbocycles. The number of anilines is 1. The Morgan fingerprint density at radius 2 is 1.71 bits per heavy atom. The van der Waals surface area contributed by atoms with Gasteiger partial charge in [0.1, 0.15) is 12.4 Å². The van der Waals surface area contributed by atoms with Crippen molar-refractivity contribution in [1.82, 2.24) is 5.32 Å². The quantitative estimate of drug-likeness (QED) is 0.493.